The molecule has 1 spiro atoms. The van der Waals surface area contributed by atoms with E-state index in [0.29, 0.717) is 12.1 Å². The Bertz CT molecular complexity index is 669. The summed E-state index contributed by atoms with van der Waals surface area (Å²) in [7, 11) is 0. The Balaban J connectivity index is 1.23. The maximum atomic E-state index is 6.10. The molecule has 5 rings (SSSR count). The summed E-state index contributed by atoms with van der Waals surface area (Å²) in [5, 5.41) is 7.54. The number of ether oxygens (including phenoxy) is 2. The van der Waals surface area contributed by atoms with E-state index in [0.717, 1.165) is 75.6 Å². The second kappa shape index (κ2) is 8.07. The molecule has 2 saturated heterocycles. The highest BCUT2D eigenvalue weighted by atomic mass is 16.6. The maximum Gasteiger partial charge on any atom is 0.191 e. The fraction of sp³-hybridized carbons (Fsp3) is 0.773. The third-order valence-electron chi connectivity index (χ3n) is 7.17. The minimum atomic E-state index is -0.0817. The number of nitrogens with one attached hydrogen (secondary N) is 2. The zero-order valence-electron chi connectivity index (χ0n) is 16.7. The molecular formula is C22H33N3O3. The van der Waals surface area contributed by atoms with Gasteiger partial charge in [0.25, 0.3) is 0 Å². The molecule has 2 aliphatic carbocycles. The molecule has 4 aliphatic rings. The molecule has 1 aromatic rings. The normalized spacial score (nSPS) is 37.6. The van der Waals surface area contributed by atoms with Crippen LogP contribution in [0.4, 0.5) is 0 Å². The van der Waals surface area contributed by atoms with Gasteiger partial charge >= 0.3 is 0 Å². The second-order valence-corrected chi connectivity index (χ2v) is 9.15. The molecule has 0 radical (unpaired) electrons. The van der Waals surface area contributed by atoms with Crippen molar-refractivity contribution < 1.29 is 13.9 Å². The fourth-order valence-electron chi connectivity index (χ4n) is 5.67. The van der Waals surface area contributed by atoms with Gasteiger partial charge in [-0.1, -0.05) is 6.42 Å². The Kier molecular flexibility index (Phi) is 5.33. The standard InChI is InChI=1S/C22H33N3O3/c1-2-19(27-9-1)5-8-23-21(25-20-13-16-3-4-17(20)12-16)24-18-6-10-28-22(14-18)7-11-26-15-22/h1-2,9,16-18,20H,3-8,10-15H2,(H2,23,24,25). The van der Waals surface area contributed by atoms with Crippen molar-refractivity contribution in [3.05, 3.63) is 24.2 Å². The van der Waals surface area contributed by atoms with E-state index in [9.17, 15) is 0 Å². The van der Waals surface area contributed by atoms with Crippen molar-refractivity contribution in [3.8, 4) is 0 Å². The zero-order valence-corrected chi connectivity index (χ0v) is 16.7. The third-order valence-corrected chi connectivity index (χ3v) is 7.17. The highest BCUT2D eigenvalue weighted by molar-refractivity contribution is 5.80. The van der Waals surface area contributed by atoms with Gasteiger partial charge in [-0.05, 0) is 56.1 Å². The molecule has 154 valence electrons. The van der Waals surface area contributed by atoms with Crippen molar-refractivity contribution >= 4 is 5.96 Å². The van der Waals surface area contributed by atoms with Crippen LogP contribution in [0.5, 0.6) is 0 Å². The van der Waals surface area contributed by atoms with Crippen molar-refractivity contribution in [1.29, 1.82) is 0 Å². The largest absolute Gasteiger partial charge is 0.469 e. The number of fused-ring (bicyclic) bond motifs is 2. The van der Waals surface area contributed by atoms with E-state index < -0.39 is 0 Å². The van der Waals surface area contributed by atoms with Crippen LogP contribution in [0, 0.1) is 11.8 Å². The second-order valence-electron chi connectivity index (χ2n) is 9.15. The highest BCUT2D eigenvalue weighted by Gasteiger charge is 2.42. The first-order valence-electron chi connectivity index (χ1n) is 11.1. The molecule has 1 aromatic heterocycles. The van der Waals surface area contributed by atoms with Gasteiger partial charge in [-0.3, -0.25) is 4.99 Å². The van der Waals surface area contributed by atoms with Gasteiger partial charge < -0.3 is 24.5 Å². The van der Waals surface area contributed by atoms with Crippen LogP contribution in [-0.2, 0) is 15.9 Å². The van der Waals surface area contributed by atoms with Gasteiger partial charge in [0.2, 0.25) is 0 Å². The van der Waals surface area contributed by atoms with Crippen LogP contribution in [0.25, 0.3) is 0 Å². The molecule has 28 heavy (non-hydrogen) atoms. The summed E-state index contributed by atoms with van der Waals surface area (Å²) in [4.78, 5) is 4.92. The van der Waals surface area contributed by atoms with Gasteiger partial charge in [0.15, 0.2) is 5.96 Å². The summed E-state index contributed by atoms with van der Waals surface area (Å²) < 4.78 is 17.2. The van der Waals surface area contributed by atoms with Crippen LogP contribution in [0.1, 0.15) is 50.7 Å². The first-order chi connectivity index (χ1) is 13.8. The molecule has 2 N–H and O–H groups in total. The quantitative estimate of drug-likeness (QED) is 0.601. The molecular weight excluding hydrogens is 354 g/mol. The average molecular weight is 388 g/mol. The van der Waals surface area contributed by atoms with Crippen LogP contribution >= 0.6 is 0 Å². The molecule has 2 aliphatic heterocycles. The van der Waals surface area contributed by atoms with Gasteiger partial charge in [-0.15, -0.1) is 0 Å². The minimum Gasteiger partial charge on any atom is -0.469 e. The van der Waals surface area contributed by atoms with Crippen molar-refractivity contribution in [2.24, 2.45) is 16.8 Å². The summed E-state index contributed by atoms with van der Waals surface area (Å²) in [6, 6.07) is 4.94. The monoisotopic (exact) mass is 387 g/mol. The summed E-state index contributed by atoms with van der Waals surface area (Å²) in [6.45, 7) is 3.09. The third kappa shape index (κ3) is 4.08. The van der Waals surface area contributed by atoms with Gasteiger partial charge in [0.05, 0.1) is 18.5 Å². The van der Waals surface area contributed by atoms with E-state index in [1.54, 1.807) is 6.26 Å². The topological polar surface area (TPSA) is 68.0 Å². The van der Waals surface area contributed by atoms with E-state index in [1.165, 1.54) is 25.7 Å². The summed E-state index contributed by atoms with van der Waals surface area (Å²) in [5.41, 5.74) is -0.0817. The fourth-order valence-corrected chi connectivity index (χ4v) is 5.67. The maximum absolute atomic E-state index is 6.10. The zero-order chi connectivity index (χ0) is 18.8. The average Bonchev–Trinajstić information content (AvgIpc) is 3.48. The Hall–Kier alpha value is -1.53. The van der Waals surface area contributed by atoms with E-state index >= 15 is 0 Å². The number of rotatable bonds is 5. The molecule has 5 atom stereocenters. The van der Waals surface area contributed by atoms with Crippen LogP contribution in [0.15, 0.2) is 27.8 Å². The van der Waals surface area contributed by atoms with Crippen LogP contribution in [0.3, 0.4) is 0 Å². The lowest BCUT2D eigenvalue weighted by molar-refractivity contribution is -0.0874. The number of hydrogen-bond acceptors (Lipinski definition) is 4. The highest BCUT2D eigenvalue weighted by Crippen LogP contribution is 2.44. The predicted molar refractivity (Wildman–Crippen MR) is 107 cm³/mol. The number of nitrogens with zero attached hydrogens (tertiary/aromatic N) is 1. The van der Waals surface area contributed by atoms with Crippen molar-refractivity contribution in [3.63, 3.8) is 0 Å². The molecule has 5 unspecified atom stereocenters. The van der Waals surface area contributed by atoms with Gasteiger partial charge in [0.1, 0.15) is 5.76 Å². The summed E-state index contributed by atoms with van der Waals surface area (Å²) >= 11 is 0. The Morgan fingerprint density at radius 3 is 2.93 bits per heavy atom. The molecule has 2 saturated carbocycles. The van der Waals surface area contributed by atoms with Gasteiger partial charge in [-0.25, -0.2) is 0 Å². The SMILES string of the molecule is c1coc(CCN=C(NC2CCOC3(CCOC3)C2)NC2CC3CCC2C3)c1. The first-order valence-corrected chi connectivity index (χ1v) is 11.1. The van der Waals surface area contributed by atoms with Crippen molar-refractivity contribution in [1.82, 2.24) is 10.6 Å². The Morgan fingerprint density at radius 2 is 2.18 bits per heavy atom. The van der Waals surface area contributed by atoms with E-state index in [2.05, 4.69) is 10.6 Å². The predicted octanol–water partition coefficient (Wildman–Crippen LogP) is 2.88. The lowest BCUT2D eigenvalue weighted by Gasteiger charge is -2.38. The minimum absolute atomic E-state index is 0.0817. The van der Waals surface area contributed by atoms with E-state index in [1.807, 2.05) is 12.1 Å². The Morgan fingerprint density at radius 1 is 1.18 bits per heavy atom. The van der Waals surface area contributed by atoms with Crippen LogP contribution < -0.4 is 10.6 Å². The number of guanidine groups is 1. The molecule has 2 bridgehead atoms. The number of furan rings is 1. The Labute approximate surface area is 167 Å². The van der Waals surface area contributed by atoms with Gasteiger partial charge in [0, 0.05) is 44.7 Å². The lowest BCUT2D eigenvalue weighted by atomic mass is 9.90. The summed E-state index contributed by atoms with van der Waals surface area (Å²) in [6.07, 6.45) is 11.1. The molecule has 6 nitrogen and oxygen atoms in total. The van der Waals surface area contributed by atoms with Crippen molar-refractivity contribution in [2.75, 3.05) is 26.4 Å². The van der Waals surface area contributed by atoms with Crippen molar-refractivity contribution in [2.45, 2.75) is 69.1 Å². The number of hydrogen-bond donors (Lipinski definition) is 2. The molecule has 0 amide bonds. The lowest BCUT2D eigenvalue weighted by Crippen LogP contribution is -2.54. The molecule has 3 heterocycles. The first kappa shape index (κ1) is 18.5. The molecule has 0 aromatic carbocycles. The summed E-state index contributed by atoms with van der Waals surface area (Å²) in [5.74, 6) is 3.72. The van der Waals surface area contributed by atoms with Crippen LogP contribution in [-0.4, -0.2) is 50.0 Å². The number of aliphatic imine (C=N–C) groups is 1. The molecule has 4 fully saturated rings. The smallest absolute Gasteiger partial charge is 0.191 e. The molecule has 6 heteroatoms. The van der Waals surface area contributed by atoms with Crippen LogP contribution in [0.2, 0.25) is 0 Å². The van der Waals surface area contributed by atoms with E-state index in [-0.39, 0.29) is 5.60 Å². The van der Waals surface area contributed by atoms with E-state index in [4.69, 9.17) is 18.9 Å². The van der Waals surface area contributed by atoms with Gasteiger partial charge in [-0.2, -0.15) is 0 Å².